The molecule has 2 aromatic carbocycles. The molecular formula is C20H20ClNO4. The summed E-state index contributed by atoms with van der Waals surface area (Å²) in [5, 5.41) is 3.11. The fraction of sp³-hybridized carbons (Fsp3) is 0.200. The van der Waals surface area contributed by atoms with Gasteiger partial charge in [-0.3, -0.25) is 9.59 Å². The molecule has 0 spiro atoms. The number of methoxy groups -OCH3 is 1. The minimum absolute atomic E-state index is 0.0621. The highest BCUT2D eigenvalue weighted by Gasteiger charge is 2.10. The van der Waals surface area contributed by atoms with Crippen LogP contribution in [0.1, 0.15) is 29.8 Å². The highest BCUT2D eigenvalue weighted by molar-refractivity contribution is 6.32. The van der Waals surface area contributed by atoms with Gasteiger partial charge in [-0.1, -0.05) is 23.7 Å². The Balaban J connectivity index is 2.15. The molecule has 0 fully saturated rings. The maximum absolute atomic E-state index is 12.1. The van der Waals surface area contributed by atoms with E-state index >= 15 is 0 Å². The zero-order chi connectivity index (χ0) is 19.1. The Bertz CT molecular complexity index is 846. The molecule has 0 aliphatic carbocycles. The van der Waals surface area contributed by atoms with Crippen LogP contribution in [-0.4, -0.2) is 25.4 Å². The van der Waals surface area contributed by atoms with Crippen LogP contribution in [0.15, 0.2) is 42.5 Å². The van der Waals surface area contributed by atoms with Gasteiger partial charge in [0.25, 0.3) is 0 Å². The van der Waals surface area contributed by atoms with Gasteiger partial charge in [-0.25, -0.2) is 0 Å². The summed E-state index contributed by atoms with van der Waals surface area (Å²) in [4.78, 5) is 23.5. The number of benzene rings is 2. The second-order valence-corrected chi connectivity index (χ2v) is 5.83. The number of rotatable bonds is 7. The van der Waals surface area contributed by atoms with Gasteiger partial charge in [-0.2, -0.15) is 0 Å². The third kappa shape index (κ3) is 5.10. The molecule has 26 heavy (non-hydrogen) atoms. The monoisotopic (exact) mass is 373 g/mol. The van der Waals surface area contributed by atoms with Gasteiger partial charge in [0.15, 0.2) is 17.3 Å². The molecule has 0 bridgehead atoms. The van der Waals surface area contributed by atoms with Crippen molar-refractivity contribution in [1.82, 2.24) is 0 Å². The summed E-state index contributed by atoms with van der Waals surface area (Å²) in [5.41, 5.74) is 1.79. The highest BCUT2D eigenvalue weighted by Crippen LogP contribution is 2.36. The van der Waals surface area contributed by atoms with Crippen molar-refractivity contribution >= 4 is 35.1 Å². The quantitative estimate of drug-likeness (QED) is 0.569. The zero-order valence-electron chi connectivity index (χ0n) is 14.8. The standard InChI is InChI=1S/C20H20ClNO4/c1-4-26-18-11-14(10-17(21)20(18)25-3)8-9-19(24)22-16-7-5-6-15(12-16)13(2)23/h5-12H,4H2,1-3H3,(H,22,24)/b9-8+. The smallest absolute Gasteiger partial charge is 0.248 e. The lowest BCUT2D eigenvalue weighted by Gasteiger charge is -2.11. The van der Waals surface area contributed by atoms with Crippen molar-refractivity contribution in [2.45, 2.75) is 13.8 Å². The Hall–Kier alpha value is -2.79. The zero-order valence-corrected chi connectivity index (χ0v) is 15.6. The number of amides is 1. The first-order chi connectivity index (χ1) is 12.4. The van der Waals surface area contributed by atoms with Gasteiger partial charge in [0.2, 0.25) is 5.91 Å². The second-order valence-electron chi connectivity index (χ2n) is 5.43. The Morgan fingerprint density at radius 1 is 1.23 bits per heavy atom. The van der Waals surface area contributed by atoms with Crippen LogP contribution in [0.25, 0.3) is 6.08 Å². The fourth-order valence-corrected chi connectivity index (χ4v) is 2.61. The van der Waals surface area contributed by atoms with Crippen molar-refractivity contribution < 1.29 is 19.1 Å². The third-order valence-electron chi connectivity index (χ3n) is 3.50. The van der Waals surface area contributed by atoms with Crippen molar-refractivity contribution in [3.8, 4) is 11.5 Å². The molecule has 0 heterocycles. The maximum atomic E-state index is 12.1. The molecule has 2 rings (SSSR count). The van der Waals surface area contributed by atoms with Gasteiger partial charge in [-0.05, 0) is 49.8 Å². The minimum atomic E-state index is -0.324. The van der Waals surface area contributed by atoms with E-state index in [9.17, 15) is 9.59 Å². The molecule has 0 saturated carbocycles. The summed E-state index contributed by atoms with van der Waals surface area (Å²) >= 11 is 6.19. The number of Topliss-reactive ketones (excluding diaryl/α,β-unsaturated/α-hetero) is 1. The molecule has 0 unspecified atom stereocenters. The van der Waals surface area contributed by atoms with E-state index in [-0.39, 0.29) is 11.7 Å². The lowest BCUT2D eigenvalue weighted by Crippen LogP contribution is -2.08. The van der Waals surface area contributed by atoms with E-state index in [1.807, 2.05) is 6.92 Å². The molecule has 0 aliphatic heterocycles. The van der Waals surface area contributed by atoms with E-state index < -0.39 is 0 Å². The number of ether oxygens (including phenoxy) is 2. The third-order valence-corrected chi connectivity index (χ3v) is 3.78. The maximum Gasteiger partial charge on any atom is 0.248 e. The fourth-order valence-electron chi connectivity index (χ4n) is 2.32. The molecule has 2 aromatic rings. The molecule has 5 nitrogen and oxygen atoms in total. The Labute approximate surface area is 157 Å². The summed E-state index contributed by atoms with van der Waals surface area (Å²) < 4.78 is 10.7. The lowest BCUT2D eigenvalue weighted by atomic mass is 10.1. The van der Waals surface area contributed by atoms with E-state index in [0.717, 1.165) is 0 Å². The van der Waals surface area contributed by atoms with Gasteiger partial charge in [0, 0.05) is 17.3 Å². The van der Waals surface area contributed by atoms with Crippen LogP contribution in [0, 0.1) is 0 Å². The normalized spacial score (nSPS) is 10.6. The average Bonchev–Trinajstić information content (AvgIpc) is 2.60. The van der Waals surface area contributed by atoms with Crippen molar-refractivity contribution in [2.24, 2.45) is 0 Å². The lowest BCUT2D eigenvalue weighted by molar-refractivity contribution is -0.111. The van der Waals surface area contributed by atoms with Crippen LogP contribution in [0.2, 0.25) is 5.02 Å². The Morgan fingerprint density at radius 3 is 2.65 bits per heavy atom. The van der Waals surface area contributed by atoms with Crippen LogP contribution in [0.5, 0.6) is 11.5 Å². The summed E-state index contributed by atoms with van der Waals surface area (Å²) in [7, 11) is 1.52. The number of carbonyl (C=O) groups is 2. The first-order valence-electron chi connectivity index (χ1n) is 8.05. The summed E-state index contributed by atoms with van der Waals surface area (Å²) in [6, 6.07) is 10.2. The molecule has 1 amide bonds. The molecule has 6 heteroatoms. The van der Waals surface area contributed by atoms with Gasteiger partial charge in [-0.15, -0.1) is 0 Å². The predicted molar refractivity (Wildman–Crippen MR) is 103 cm³/mol. The van der Waals surface area contributed by atoms with Gasteiger partial charge in [0.1, 0.15) is 0 Å². The molecular weight excluding hydrogens is 354 g/mol. The molecule has 136 valence electrons. The first-order valence-corrected chi connectivity index (χ1v) is 8.42. The Morgan fingerprint density at radius 2 is 2.00 bits per heavy atom. The molecule has 0 radical (unpaired) electrons. The van der Waals surface area contributed by atoms with Crippen LogP contribution in [-0.2, 0) is 4.79 Å². The molecule has 1 N–H and O–H groups in total. The highest BCUT2D eigenvalue weighted by atomic mass is 35.5. The van der Waals surface area contributed by atoms with Crippen molar-refractivity contribution in [1.29, 1.82) is 0 Å². The number of hydrogen-bond acceptors (Lipinski definition) is 4. The van der Waals surface area contributed by atoms with Crippen molar-refractivity contribution in [2.75, 3.05) is 19.0 Å². The average molecular weight is 374 g/mol. The second kappa shape index (κ2) is 9.06. The van der Waals surface area contributed by atoms with Crippen LogP contribution >= 0.6 is 11.6 Å². The predicted octanol–water partition coefficient (Wildman–Crippen LogP) is 4.60. The number of halogens is 1. The topological polar surface area (TPSA) is 64.6 Å². The summed E-state index contributed by atoms with van der Waals surface area (Å²) in [6.07, 6.45) is 3.01. The van der Waals surface area contributed by atoms with E-state index in [4.69, 9.17) is 21.1 Å². The van der Waals surface area contributed by atoms with Crippen LogP contribution < -0.4 is 14.8 Å². The minimum Gasteiger partial charge on any atom is -0.491 e. The molecule has 0 saturated heterocycles. The van der Waals surface area contributed by atoms with E-state index in [2.05, 4.69) is 5.32 Å². The van der Waals surface area contributed by atoms with E-state index in [0.29, 0.717) is 39.9 Å². The number of carbonyl (C=O) groups excluding carboxylic acids is 2. The first kappa shape index (κ1) is 19.5. The Kier molecular flexibility index (Phi) is 6.81. The summed E-state index contributed by atoms with van der Waals surface area (Å²) in [6.45, 7) is 3.80. The molecule has 0 aliphatic rings. The number of ketones is 1. The van der Waals surface area contributed by atoms with Gasteiger partial charge < -0.3 is 14.8 Å². The van der Waals surface area contributed by atoms with Gasteiger partial charge in [0.05, 0.1) is 18.7 Å². The number of anilines is 1. The van der Waals surface area contributed by atoms with Crippen molar-refractivity contribution in [3.05, 3.63) is 58.6 Å². The van der Waals surface area contributed by atoms with Crippen LogP contribution in [0.4, 0.5) is 5.69 Å². The largest absolute Gasteiger partial charge is 0.491 e. The van der Waals surface area contributed by atoms with Crippen LogP contribution in [0.3, 0.4) is 0 Å². The number of hydrogen-bond donors (Lipinski definition) is 1. The summed E-state index contributed by atoms with van der Waals surface area (Å²) in [5.74, 6) is 0.580. The number of nitrogens with one attached hydrogen (secondary N) is 1. The SMILES string of the molecule is CCOc1cc(/C=C/C(=O)Nc2cccc(C(C)=O)c2)cc(Cl)c1OC. The van der Waals surface area contributed by atoms with E-state index in [1.165, 1.54) is 20.1 Å². The van der Waals surface area contributed by atoms with Crippen molar-refractivity contribution in [3.63, 3.8) is 0 Å². The van der Waals surface area contributed by atoms with Gasteiger partial charge >= 0.3 is 0 Å². The van der Waals surface area contributed by atoms with E-state index in [1.54, 1.807) is 42.5 Å². The molecule has 0 aromatic heterocycles. The molecule has 0 atom stereocenters.